The van der Waals surface area contributed by atoms with Crippen molar-refractivity contribution in [2.24, 2.45) is 0 Å². The van der Waals surface area contributed by atoms with Crippen molar-refractivity contribution >= 4 is 28.5 Å². The molecule has 1 aromatic heterocycles. The highest BCUT2D eigenvalue weighted by Crippen LogP contribution is 2.19. The third kappa shape index (κ3) is 3.85. The van der Waals surface area contributed by atoms with Gasteiger partial charge in [0.1, 0.15) is 5.69 Å². The van der Waals surface area contributed by atoms with E-state index in [1.165, 1.54) is 0 Å². The van der Waals surface area contributed by atoms with E-state index < -0.39 is 0 Å². The van der Waals surface area contributed by atoms with E-state index in [1.807, 2.05) is 50.2 Å². The minimum atomic E-state index is -0.282. The summed E-state index contributed by atoms with van der Waals surface area (Å²) in [7, 11) is 0. The third-order valence-electron chi connectivity index (χ3n) is 3.97. The smallest absolute Gasteiger partial charge is 0.243 e. The number of rotatable bonds is 5. The molecule has 2 N–H and O–H groups in total. The molecule has 0 saturated heterocycles. The molecule has 2 aromatic carbocycles. The SMILES string of the molecule is Cc1cccc(C)c1NC(=O)CNC(=O)Cc1noc2ccccc12. The molecule has 0 saturated carbocycles. The van der Waals surface area contributed by atoms with Crippen molar-refractivity contribution in [2.45, 2.75) is 20.3 Å². The summed E-state index contributed by atoms with van der Waals surface area (Å²) < 4.78 is 5.17. The normalized spacial score (nSPS) is 10.6. The molecule has 0 aliphatic rings. The summed E-state index contributed by atoms with van der Waals surface area (Å²) in [6, 6.07) is 13.1. The van der Waals surface area contributed by atoms with Crippen molar-refractivity contribution in [3.8, 4) is 0 Å². The van der Waals surface area contributed by atoms with Gasteiger partial charge in [0.15, 0.2) is 5.58 Å². The van der Waals surface area contributed by atoms with Crippen molar-refractivity contribution in [1.82, 2.24) is 10.5 Å². The van der Waals surface area contributed by atoms with Crippen molar-refractivity contribution in [1.29, 1.82) is 0 Å². The summed E-state index contributed by atoms with van der Waals surface area (Å²) in [4.78, 5) is 24.1. The van der Waals surface area contributed by atoms with Crippen LogP contribution in [0.5, 0.6) is 0 Å². The number of anilines is 1. The molecule has 0 fully saturated rings. The second-order valence-electron chi connectivity index (χ2n) is 5.89. The largest absolute Gasteiger partial charge is 0.356 e. The summed E-state index contributed by atoms with van der Waals surface area (Å²) in [5, 5.41) is 10.2. The zero-order chi connectivity index (χ0) is 17.8. The van der Waals surface area contributed by atoms with Crippen LogP contribution >= 0.6 is 0 Å². The third-order valence-corrected chi connectivity index (χ3v) is 3.97. The Kier molecular flexibility index (Phi) is 4.79. The summed E-state index contributed by atoms with van der Waals surface area (Å²) in [6.07, 6.45) is 0.0632. The Balaban J connectivity index is 1.56. The number of nitrogens with one attached hydrogen (secondary N) is 2. The molecule has 0 aliphatic carbocycles. The zero-order valence-corrected chi connectivity index (χ0v) is 14.1. The van der Waals surface area contributed by atoms with Crippen LogP contribution in [0.15, 0.2) is 47.0 Å². The van der Waals surface area contributed by atoms with Crippen molar-refractivity contribution in [3.05, 3.63) is 59.3 Å². The number of aryl methyl sites for hydroxylation is 2. The van der Waals surface area contributed by atoms with Gasteiger partial charge in [0.25, 0.3) is 0 Å². The first-order chi connectivity index (χ1) is 12.0. The molecule has 2 amide bonds. The number of fused-ring (bicyclic) bond motifs is 1. The summed E-state index contributed by atoms with van der Waals surface area (Å²) in [5.74, 6) is -0.550. The van der Waals surface area contributed by atoms with Crippen LogP contribution in [0, 0.1) is 13.8 Å². The first-order valence-corrected chi connectivity index (χ1v) is 8.00. The van der Waals surface area contributed by atoms with Crippen molar-refractivity contribution < 1.29 is 14.1 Å². The van der Waals surface area contributed by atoms with E-state index in [2.05, 4.69) is 15.8 Å². The molecule has 0 atom stereocenters. The lowest BCUT2D eigenvalue weighted by Gasteiger charge is -2.11. The number of carbonyl (C=O) groups is 2. The molecule has 3 rings (SSSR count). The minimum absolute atomic E-state index is 0.0632. The van der Waals surface area contributed by atoms with Crippen molar-refractivity contribution in [3.63, 3.8) is 0 Å². The van der Waals surface area contributed by atoms with Gasteiger partial charge in [0.2, 0.25) is 11.8 Å². The van der Waals surface area contributed by atoms with Crippen molar-refractivity contribution in [2.75, 3.05) is 11.9 Å². The monoisotopic (exact) mass is 337 g/mol. The zero-order valence-electron chi connectivity index (χ0n) is 14.1. The molecule has 3 aromatic rings. The first kappa shape index (κ1) is 16.7. The van der Waals surface area contributed by atoms with Gasteiger partial charge in [0.05, 0.1) is 13.0 Å². The lowest BCUT2D eigenvalue weighted by molar-refractivity contribution is -0.123. The Morgan fingerprint density at radius 2 is 1.72 bits per heavy atom. The quantitative estimate of drug-likeness (QED) is 0.750. The van der Waals surface area contributed by atoms with Crippen LogP contribution in [0.1, 0.15) is 16.8 Å². The van der Waals surface area contributed by atoms with Crippen LogP contribution in [0.2, 0.25) is 0 Å². The lowest BCUT2D eigenvalue weighted by atomic mass is 10.1. The molecule has 0 spiro atoms. The Hall–Kier alpha value is -3.15. The number of hydrogen-bond donors (Lipinski definition) is 2. The number of hydrogen-bond acceptors (Lipinski definition) is 4. The standard InChI is InChI=1S/C19H19N3O3/c1-12-6-5-7-13(2)19(12)21-18(24)11-20-17(23)10-15-14-8-3-4-9-16(14)25-22-15/h3-9H,10-11H2,1-2H3,(H,20,23)(H,21,24). The second-order valence-corrected chi connectivity index (χ2v) is 5.89. The van der Waals surface area contributed by atoms with Gasteiger partial charge in [0, 0.05) is 11.1 Å². The topological polar surface area (TPSA) is 84.2 Å². The van der Waals surface area contributed by atoms with Gasteiger partial charge < -0.3 is 15.2 Å². The number of para-hydroxylation sites is 2. The molecule has 25 heavy (non-hydrogen) atoms. The van der Waals surface area contributed by atoms with E-state index >= 15 is 0 Å². The molecule has 6 nitrogen and oxygen atoms in total. The van der Waals surface area contributed by atoms with E-state index in [0.29, 0.717) is 11.3 Å². The Morgan fingerprint density at radius 1 is 1.00 bits per heavy atom. The second kappa shape index (κ2) is 7.17. The number of carbonyl (C=O) groups excluding carboxylic acids is 2. The fourth-order valence-corrected chi connectivity index (χ4v) is 2.65. The van der Waals surface area contributed by atoms with Gasteiger partial charge >= 0.3 is 0 Å². The maximum absolute atomic E-state index is 12.1. The molecule has 0 bridgehead atoms. The van der Waals surface area contributed by atoms with Crippen LogP contribution in [0.4, 0.5) is 5.69 Å². The molecule has 0 radical (unpaired) electrons. The predicted molar refractivity (Wildman–Crippen MR) is 95.3 cm³/mol. The number of aromatic nitrogens is 1. The van der Waals surface area contributed by atoms with Gasteiger partial charge in [-0.1, -0.05) is 35.5 Å². The molecular weight excluding hydrogens is 318 g/mol. The van der Waals surface area contributed by atoms with E-state index in [4.69, 9.17) is 4.52 Å². The Labute approximate surface area is 145 Å². The summed E-state index contributed by atoms with van der Waals surface area (Å²) in [5.41, 5.74) is 3.94. The van der Waals surface area contributed by atoms with E-state index in [-0.39, 0.29) is 24.8 Å². The Bertz CT molecular complexity index is 910. The number of nitrogens with zero attached hydrogens (tertiary/aromatic N) is 1. The molecule has 1 heterocycles. The fourth-order valence-electron chi connectivity index (χ4n) is 2.65. The van der Waals surface area contributed by atoms with Crippen LogP contribution < -0.4 is 10.6 Å². The lowest BCUT2D eigenvalue weighted by Crippen LogP contribution is -2.34. The van der Waals surface area contributed by atoms with Crippen LogP contribution in [0.3, 0.4) is 0 Å². The van der Waals surface area contributed by atoms with Gasteiger partial charge in [-0.2, -0.15) is 0 Å². The average molecular weight is 337 g/mol. The highest BCUT2D eigenvalue weighted by molar-refractivity contribution is 5.96. The van der Waals surface area contributed by atoms with Gasteiger partial charge in [-0.25, -0.2) is 0 Å². The number of amides is 2. The molecule has 0 aliphatic heterocycles. The molecule has 6 heteroatoms. The summed E-state index contributed by atoms with van der Waals surface area (Å²) in [6.45, 7) is 3.76. The fraction of sp³-hybridized carbons (Fsp3) is 0.211. The molecule has 128 valence electrons. The minimum Gasteiger partial charge on any atom is -0.356 e. The highest BCUT2D eigenvalue weighted by atomic mass is 16.5. The molecular formula is C19H19N3O3. The van der Waals surface area contributed by atoms with Crippen LogP contribution in [0.25, 0.3) is 11.0 Å². The van der Waals surface area contributed by atoms with Gasteiger partial charge in [-0.15, -0.1) is 0 Å². The van der Waals surface area contributed by atoms with Crippen LogP contribution in [-0.2, 0) is 16.0 Å². The average Bonchev–Trinajstić information content (AvgIpc) is 3.00. The predicted octanol–water partition coefficient (Wildman–Crippen LogP) is 2.74. The van der Waals surface area contributed by atoms with Gasteiger partial charge in [-0.05, 0) is 37.1 Å². The Morgan fingerprint density at radius 3 is 2.48 bits per heavy atom. The maximum Gasteiger partial charge on any atom is 0.243 e. The van der Waals surface area contributed by atoms with E-state index in [1.54, 1.807) is 6.07 Å². The highest BCUT2D eigenvalue weighted by Gasteiger charge is 2.13. The van der Waals surface area contributed by atoms with E-state index in [0.717, 1.165) is 22.2 Å². The maximum atomic E-state index is 12.1. The summed E-state index contributed by atoms with van der Waals surface area (Å²) >= 11 is 0. The molecule has 0 unspecified atom stereocenters. The number of benzene rings is 2. The van der Waals surface area contributed by atoms with Crippen LogP contribution in [-0.4, -0.2) is 23.5 Å². The van der Waals surface area contributed by atoms with E-state index in [9.17, 15) is 9.59 Å². The van der Waals surface area contributed by atoms with Gasteiger partial charge in [-0.3, -0.25) is 9.59 Å². The first-order valence-electron chi connectivity index (χ1n) is 8.00.